The zero-order valence-electron chi connectivity index (χ0n) is 17.3. The van der Waals surface area contributed by atoms with Crippen LogP contribution in [0.3, 0.4) is 0 Å². The highest BCUT2D eigenvalue weighted by Gasteiger charge is 2.37. The molecule has 9 heteroatoms. The van der Waals surface area contributed by atoms with E-state index in [1.807, 2.05) is 6.07 Å². The first-order chi connectivity index (χ1) is 14.8. The van der Waals surface area contributed by atoms with E-state index >= 15 is 0 Å². The van der Waals surface area contributed by atoms with Crippen LogP contribution in [0, 0.1) is 12.8 Å². The molecule has 0 saturated carbocycles. The van der Waals surface area contributed by atoms with E-state index < -0.39 is 11.7 Å². The topological polar surface area (TPSA) is 60.2 Å². The van der Waals surface area contributed by atoms with E-state index in [2.05, 4.69) is 10.1 Å². The molecule has 164 valence electrons. The number of halogens is 3. The molecule has 0 unspecified atom stereocenters. The molecule has 0 amide bonds. The third kappa shape index (κ3) is 4.08. The lowest BCUT2D eigenvalue weighted by atomic mass is 9.97. The van der Waals surface area contributed by atoms with Crippen molar-refractivity contribution in [1.29, 1.82) is 0 Å². The number of benzene rings is 1. The van der Waals surface area contributed by atoms with Gasteiger partial charge in [0.15, 0.2) is 5.65 Å². The van der Waals surface area contributed by atoms with E-state index in [0.29, 0.717) is 38.2 Å². The summed E-state index contributed by atoms with van der Waals surface area (Å²) in [6, 6.07) is 10.1. The third-order valence-electron chi connectivity index (χ3n) is 5.54. The maximum absolute atomic E-state index is 14.0. The molecular weight excluding hydrogens is 409 g/mol. The lowest BCUT2D eigenvalue weighted by molar-refractivity contribution is -0.148. The van der Waals surface area contributed by atoms with Crippen LogP contribution >= 0.6 is 0 Å². The molecule has 6 nitrogen and oxygen atoms in total. The first-order valence-electron chi connectivity index (χ1n) is 10.2. The fourth-order valence-electron chi connectivity index (χ4n) is 4.01. The van der Waals surface area contributed by atoms with Crippen molar-refractivity contribution in [2.75, 3.05) is 24.6 Å². The average molecular weight is 432 g/mol. The number of aromatic nitrogens is 3. The number of hydrogen-bond acceptors (Lipinski definition) is 5. The van der Waals surface area contributed by atoms with Gasteiger partial charge in [-0.15, -0.1) is 0 Å². The predicted octanol–water partition coefficient (Wildman–Crippen LogP) is 4.53. The van der Waals surface area contributed by atoms with Gasteiger partial charge in [0, 0.05) is 13.1 Å². The molecule has 31 heavy (non-hydrogen) atoms. The van der Waals surface area contributed by atoms with Crippen molar-refractivity contribution in [2.45, 2.75) is 32.9 Å². The summed E-state index contributed by atoms with van der Waals surface area (Å²) in [6.07, 6.45) is -3.53. The molecule has 0 atom stereocenters. The van der Waals surface area contributed by atoms with Gasteiger partial charge in [-0.25, -0.2) is 9.67 Å². The zero-order valence-corrected chi connectivity index (χ0v) is 17.3. The van der Waals surface area contributed by atoms with Gasteiger partial charge in [-0.3, -0.25) is 4.79 Å². The summed E-state index contributed by atoms with van der Waals surface area (Å²) in [6.45, 7) is 4.48. The number of rotatable bonds is 4. The van der Waals surface area contributed by atoms with Crippen LogP contribution in [0.4, 0.5) is 19.0 Å². The highest BCUT2D eigenvalue weighted by molar-refractivity contribution is 5.86. The molecule has 1 fully saturated rings. The quantitative estimate of drug-likeness (QED) is 0.567. The number of aryl methyl sites for hydroxylation is 1. The van der Waals surface area contributed by atoms with Gasteiger partial charge in [0.25, 0.3) is 0 Å². The van der Waals surface area contributed by atoms with E-state index in [-0.39, 0.29) is 34.4 Å². The Balaban J connectivity index is 1.76. The number of alkyl halides is 3. The lowest BCUT2D eigenvalue weighted by Crippen LogP contribution is -2.37. The minimum absolute atomic E-state index is 0.00140. The Kier molecular flexibility index (Phi) is 5.60. The second-order valence-corrected chi connectivity index (χ2v) is 7.57. The monoisotopic (exact) mass is 432 g/mol. The number of ether oxygens (including phenoxy) is 1. The minimum atomic E-state index is -4.55. The van der Waals surface area contributed by atoms with Crippen molar-refractivity contribution in [3.05, 3.63) is 47.7 Å². The van der Waals surface area contributed by atoms with Gasteiger partial charge in [0.1, 0.15) is 5.82 Å². The SMILES string of the molecule is CCOC(=O)C1CCN(c2cc(C(F)(F)F)c3c(C)nn(-c4ccccc4)c3n2)CC1. The van der Waals surface area contributed by atoms with Crippen molar-refractivity contribution in [3.63, 3.8) is 0 Å². The Bertz CT molecular complexity index is 1090. The van der Waals surface area contributed by atoms with Crippen LogP contribution < -0.4 is 4.90 Å². The molecule has 3 aromatic rings. The van der Waals surface area contributed by atoms with Gasteiger partial charge in [0.05, 0.1) is 34.9 Å². The van der Waals surface area contributed by atoms with Crippen LogP contribution in [-0.4, -0.2) is 40.4 Å². The van der Waals surface area contributed by atoms with Gasteiger partial charge in [0.2, 0.25) is 0 Å². The molecule has 1 aromatic carbocycles. The molecular formula is C22H23F3N4O2. The molecule has 1 saturated heterocycles. The summed E-state index contributed by atoms with van der Waals surface area (Å²) in [5, 5.41) is 4.35. The largest absolute Gasteiger partial charge is 0.466 e. The van der Waals surface area contributed by atoms with E-state index in [9.17, 15) is 18.0 Å². The standard InChI is InChI=1S/C22H23F3N4O2/c1-3-31-21(30)15-9-11-28(12-10-15)18-13-17(22(23,24)25)19-14(2)27-29(20(19)26-18)16-7-5-4-6-8-16/h4-8,13,15H,3,9-12H2,1-2H3. The Morgan fingerprint density at radius 3 is 2.48 bits per heavy atom. The number of carbonyl (C=O) groups excluding carboxylic acids is 1. The number of esters is 1. The summed E-state index contributed by atoms with van der Waals surface area (Å²) in [5.41, 5.74) is 0.325. The number of piperidine rings is 1. The number of fused-ring (bicyclic) bond motifs is 1. The van der Waals surface area contributed by atoms with Crippen molar-refractivity contribution < 1.29 is 22.7 Å². The van der Waals surface area contributed by atoms with Gasteiger partial charge in [-0.2, -0.15) is 18.3 Å². The van der Waals surface area contributed by atoms with Crippen LogP contribution in [0.25, 0.3) is 16.7 Å². The van der Waals surface area contributed by atoms with Crippen molar-refractivity contribution >= 4 is 22.8 Å². The number of anilines is 1. The molecule has 2 aromatic heterocycles. The van der Waals surface area contributed by atoms with Crippen molar-refractivity contribution in [3.8, 4) is 5.69 Å². The van der Waals surface area contributed by atoms with Gasteiger partial charge in [-0.05, 0) is 44.9 Å². The van der Waals surface area contributed by atoms with E-state index in [4.69, 9.17) is 4.74 Å². The molecule has 1 aliphatic rings. The first-order valence-corrected chi connectivity index (χ1v) is 10.2. The number of hydrogen-bond donors (Lipinski definition) is 0. The number of nitrogens with zero attached hydrogens (tertiary/aromatic N) is 4. The Labute approximate surface area is 177 Å². The maximum Gasteiger partial charge on any atom is 0.417 e. The normalized spacial score (nSPS) is 15.5. The van der Waals surface area contributed by atoms with Crippen LogP contribution in [0.2, 0.25) is 0 Å². The molecule has 0 bridgehead atoms. The van der Waals surface area contributed by atoms with Gasteiger partial charge in [-0.1, -0.05) is 18.2 Å². The molecule has 0 aliphatic carbocycles. The van der Waals surface area contributed by atoms with E-state index in [0.717, 1.165) is 6.07 Å². The predicted molar refractivity (Wildman–Crippen MR) is 110 cm³/mol. The van der Waals surface area contributed by atoms with E-state index in [1.54, 1.807) is 43.0 Å². The zero-order chi connectivity index (χ0) is 22.2. The molecule has 0 N–H and O–H groups in total. The van der Waals surface area contributed by atoms with Crippen LogP contribution in [0.15, 0.2) is 36.4 Å². The van der Waals surface area contributed by atoms with Gasteiger partial charge >= 0.3 is 12.1 Å². The molecule has 3 heterocycles. The number of pyridine rings is 1. The molecule has 0 spiro atoms. The van der Waals surface area contributed by atoms with Crippen molar-refractivity contribution in [2.24, 2.45) is 5.92 Å². The molecule has 0 radical (unpaired) electrons. The minimum Gasteiger partial charge on any atom is -0.466 e. The lowest BCUT2D eigenvalue weighted by Gasteiger charge is -2.32. The summed E-state index contributed by atoms with van der Waals surface area (Å²) in [7, 11) is 0. The Morgan fingerprint density at radius 1 is 1.19 bits per heavy atom. The summed E-state index contributed by atoms with van der Waals surface area (Å²) in [4.78, 5) is 18.4. The number of carbonyl (C=O) groups is 1. The average Bonchev–Trinajstić information content (AvgIpc) is 3.10. The maximum atomic E-state index is 14.0. The Morgan fingerprint density at radius 2 is 1.87 bits per heavy atom. The molecule has 1 aliphatic heterocycles. The van der Waals surface area contributed by atoms with Crippen LogP contribution in [-0.2, 0) is 15.7 Å². The highest BCUT2D eigenvalue weighted by atomic mass is 19.4. The fraction of sp³-hybridized carbons (Fsp3) is 0.409. The smallest absolute Gasteiger partial charge is 0.417 e. The second-order valence-electron chi connectivity index (χ2n) is 7.57. The third-order valence-corrected chi connectivity index (χ3v) is 5.54. The van der Waals surface area contributed by atoms with Crippen LogP contribution in [0.1, 0.15) is 31.0 Å². The second kappa shape index (κ2) is 8.20. The van der Waals surface area contributed by atoms with Crippen LogP contribution in [0.5, 0.6) is 0 Å². The van der Waals surface area contributed by atoms with E-state index in [1.165, 1.54) is 4.68 Å². The van der Waals surface area contributed by atoms with Crippen molar-refractivity contribution in [1.82, 2.24) is 14.8 Å². The van der Waals surface area contributed by atoms with Gasteiger partial charge < -0.3 is 9.64 Å². The fourth-order valence-corrected chi connectivity index (χ4v) is 4.01. The Hall–Kier alpha value is -3.10. The number of para-hydroxylation sites is 1. The molecule has 4 rings (SSSR count). The summed E-state index contributed by atoms with van der Waals surface area (Å²) >= 11 is 0. The highest BCUT2D eigenvalue weighted by Crippen LogP contribution is 2.39. The first kappa shape index (κ1) is 21.1. The summed E-state index contributed by atoms with van der Waals surface area (Å²) < 4.78 is 48.4. The summed E-state index contributed by atoms with van der Waals surface area (Å²) in [5.74, 6) is -0.252.